The van der Waals surface area contributed by atoms with E-state index in [-0.39, 0.29) is 18.4 Å². The lowest BCUT2D eigenvalue weighted by Gasteiger charge is -2.16. The molecule has 5 heteroatoms. The first-order valence-corrected chi connectivity index (χ1v) is 7.46. The third kappa shape index (κ3) is 4.16. The quantitative estimate of drug-likeness (QED) is 0.943. The molecule has 0 aliphatic rings. The summed E-state index contributed by atoms with van der Waals surface area (Å²) in [6, 6.07) is 11.2. The zero-order chi connectivity index (χ0) is 15.4. The van der Waals surface area contributed by atoms with Crippen LogP contribution in [0.15, 0.2) is 36.4 Å². The average molecular weight is 302 g/mol. The maximum Gasteiger partial charge on any atom is 0.264 e. The maximum atomic E-state index is 12.1. The summed E-state index contributed by atoms with van der Waals surface area (Å²) >= 11 is 1.43. The second-order valence-corrected chi connectivity index (χ2v) is 6.27. The van der Waals surface area contributed by atoms with Crippen LogP contribution in [0.1, 0.15) is 20.1 Å². The first-order valence-electron chi connectivity index (χ1n) is 6.64. The van der Waals surface area contributed by atoms with Crippen molar-refractivity contribution in [3.05, 3.63) is 51.7 Å². The van der Waals surface area contributed by atoms with Gasteiger partial charge in [-0.05, 0) is 38.1 Å². The van der Waals surface area contributed by atoms with Crippen LogP contribution >= 0.6 is 11.3 Å². The van der Waals surface area contributed by atoms with E-state index in [1.54, 1.807) is 13.1 Å². The zero-order valence-electron chi connectivity index (χ0n) is 12.3. The molecule has 0 fully saturated rings. The predicted octanol–water partition coefficient (Wildman–Crippen LogP) is 3.08. The lowest BCUT2D eigenvalue weighted by atomic mass is 10.2. The van der Waals surface area contributed by atoms with Gasteiger partial charge in [0.25, 0.3) is 5.91 Å². The number of carbonyl (C=O) groups excluding carboxylic acids is 2. The minimum atomic E-state index is -0.206. The largest absolute Gasteiger partial charge is 0.332 e. The predicted molar refractivity (Wildman–Crippen MR) is 85.8 cm³/mol. The second-order valence-electron chi connectivity index (χ2n) is 4.99. The van der Waals surface area contributed by atoms with E-state index >= 15 is 0 Å². The van der Waals surface area contributed by atoms with Crippen molar-refractivity contribution in [3.63, 3.8) is 0 Å². The Balaban J connectivity index is 1.92. The third-order valence-electron chi connectivity index (χ3n) is 3.01. The lowest BCUT2D eigenvalue weighted by Crippen LogP contribution is -2.34. The summed E-state index contributed by atoms with van der Waals surface area (Å²) in [5, 5.41) is 2.78. The molecule has 0 saturated carbocycles. The van der Waals surface area contributed by atoms with E-state index in [1.165, 1.54) is 16.2 Å². The molecule has 0 saturated heterocycles. The van der Waals surface area contributed by atoms with Crippen LogP contribution in [0.3, 0.4) is 0 Å². The summed E-state index contributed by atoms with van der Waals surface area (Å²) in [6.07, 6.45) is 0. The number of amides is 2. The second kappa shape index (κ2) is 6.54. The van der Waals surface area contributed by atoms with E-state index in [2.05, 4.69) is 5.32 Å². The number of likely N-dealkylation sites (N-methyl/N-ethyl adjacent to an activating group) is 1. The van der Waals surface area contributed by atoms with Gasteiger partial charge in [-0.1, -0.05) is 17.7 Å². The van der Waals surface area contributed by atoms with Gasteiger partial charge >= 0.3 is 0 Å². The van der Waals surface area contributed by atoms with Crippen LogP contribution in [0, 0.1) is 13.8 Å². The fourth-order valence-electron chi connectivity index (χ4n) is 1.86. The number of rotatable bonds is 4. The van der Waals surface area contributed by atoms with Gasteiger partial charge in [-0.3, -0.25) is 9.59 Å². The minimum Gasteiger partial charge on any atom is -0.332 e. The number of hydrogen-bond acceptors (Lipinski definition) is 3. The fraction of sp³-hybridized carbons (Fsp3) is 0.250. The number of aryl methyl sites for hydroxylation is 2. The summed E-state index contributed by atoms with van der Waals surface area (Å²) in [7, 11) is 1.63. The van der Waals surface area contributed by atoms with Crippen LogP contribution in [0.2, 0.25) is 0 Å². The Morgan fingerprint density at radius 1 is 1.10 bits per heavy atom. The Bertz CT molecular complexity index is 647. The van der Waals surface area contributed by atoms with Gasteiger partial charge in [0, 0.05) is 17.6 Å². The summed E-state index contributed by atoms with van der Waals surface area (Å²) in [6.45, 7) is 3.97. The minimum absolute atomic E-state index is 0.0314. The molecule has 1 aromatic heterocycles. The van der Waals surface area contributed by atoms with Gasteiger partial charge in [-0.15, -0.1) is 11.3 Å². The highest BCUT2D eigenvalue weighted by Crippen LogP contribution is 2.16. The smallest absolute Gasteiger partial charge is 0.264 e. The van der Waals surface area contributed by atoms with Gasteiger partial charge in [-0.25, -0.2) is 0 Å². The summed E-state index contributed by atoms with van der Waals surface area (Å²) in [5.74, 6) is -0.338. The third-order valence-corrected chi connectivity index (χ3v) is 4.00. The Morgan fingerprint density at radius 2 is 1.76 bits per heavy atom. The molecule has 0 unspecified atom stereocenters. The molecule has 2 rings (SSSR count). The van der Waals surface area contributed by atoms with E-state index < -0.39 is 0 Å². The van der Waals surface area contributed by atoms with E-state index in [9.17, 15) is 9.59 Å². The van der Waals surface area contributed by atoms with Crippen molar-refractivity contribution in [3.8, 4) is 0 Å². The van der Waals surface area contributed by atoms with Crippen LogP contribution in [0.4, 0.5) is 5.69 Å². The van der Waals surface area contributed by atoms with Crippen molar-refractivity contribution in [1.82, 2.24) is 4.90 Å². The van der Waals surface area contributed by atoms with Crippen LogP contribution in [0.25, 0.3) is 0 Å². The molecular formula is C16H18N2O2S. The van der Waals surface area contributed by atoms with Gasteiger partial charge in [0.05, 0.1) is 11.4 Å². The molecule has 21 heavy (non-hydrogen) atoms. The molecule has 110 valence electrons. The molecule has 2 amide bonds. The summed E-state index contributed by atoms with van der Waals surface area (Å²) < 4.78 is 0. The Kier molecular flexibility index (Phi) is 4.75. The first kappa shape index (κ1) is 15.3. The van der Waals surface area contributed by atoms with E-state index in [0.717, 1.165) is 16.1 Å². The van der Waals surface area contributed by atoms with E-state index in [1.807, 2.05) is 44.2 Å². The highest BCUT2D eigenvalue weighted by molar-refractivity contribution is 7.13. The summed E-state index contributed by atoms with van der Waals surface area (Å²) in [4.78, 5) is 27.3. The molecule has 0 aliphatic heterocycles. The zero-order valence-corrected chi connectivity index (χ0v) is 13.2. The molecule has 0 bridgehead atoms. The van der Waals surface area contributed by atoms with Gasteiger partial charge in [0.15, 0.2) is 0 Å². The van der Waals surface area contributed by atoms with Crippen molar-refractivity contribution in [2.75, 3.05) is 18.9 Å². The highest BCUT2D eigenvalue weighted by atomic mass is 32.1. The Labute approximate surface area is 128 Å². The highest BCUT2D eigenvalue weighted by Gasteiger charge is 2.16. The number of thiophene rings is 1. The first-order chi connectivity index (χ1) is 9.95. The van der Waals surface area contributed by atoms with E-state index in [0.29, 0.717) is 4.88 Å². The van der Waals surface area contributed by atoms with Crippen molar-refractivity contribution in [1.29, 1.82) is 0 Å². The number of hydrogen-bond donors (Lipinski definition) is 1. The van der Waals surface area contributed by atoms with Gasteiger partial charge in [0.2, 0.25) is 5.91 Å². The fourth-order valence-corrected chi connectivity index (χ4v) is 2.72. The van der Waals surface area contributed by atoms with Crippen molar-refractivity contribution in [2.45, 2.75) is 13.8 Å². The average Bonchev–Trinajstić information content (AvgIpc) is 2.87. The molecule has 1 heterocycles. The van der Waals surface area contributed by atoms with Crippen molar-refractivity contribution < 1.29 is 9.59 Å². The van der Waals surface area contributed by atoms with Crippen LogP contribution in [0.5, 0.6) is 0 Å². The molecule has 0 radical (unpaired) electrons. The molecule has 0 spiro atoms. The molecule has 0 atom stereocenters. The number of benzene rings is 1. The molecule has 1 N–H and O–H groups in total. The standard InChI is InChI=1S/C16H18N2O2S/c1-11-4-7-13(8-5-11)17-15(19)10-18(3)16(20)14-9-6-12(2)21-14/h4-9H,10H2,1-3H3,(H,17,19). The van der Waals surface area contributed by atoms with Crippen LogP contribution in [-0.4, -0.2) is 30.3 Å². The topological polar surface area (TPSA) is 49.4 Å². The normalized spacial score (nSPS) is 10.2. The Hall–Kier alpha value is -2.14. The van der Waals surface area contributed by atoms with Crippen molar-refractivity contribution >= 4 is 28.8 Å². The number of carbonyl (C=O) groups is 2. The summed E-state index contributed by atoms with van der Waals surface area (Å²) in [5.41, 5.74) is 1.87. The van der Waals surface area contributed by atoms with Crippen LogP contribution < -0.4 is 5.32 Å². The molecular weight excluding hydrogens is 284 g/mol. The van der Waals surface area contributed by atoms with Gasteiger partial charge in [-0.2, -0.15) is 0 Å². The molecule has 0 aliphatic carbocycles. The maximum absolute atomic E-state index is 12.1. The van der Waals surface area contributed by atoms with Gasteiger partial charge < -0.3 is 10.2 Å². The van der Waals surface area contributed by atoms with E-state index in [4.69, 9.17) is 0 Å². The lowest BCUT2D eigenvalue weighted by molar-refractivity contribution is -0.116. The van der Waals surface area contributed by atoms with Gasteiger partial charge in [0.1, 0.15) is 0 Å². The number of nitrogens with one attached hydrogen (secondary N) is 1. The van der Waals surface area contributed by atoms with Crippen molar-refractivity contribution in [2.24, 2.45) is 0 Å². The molecule has 4 nitrogen and oxygen atoms in total. The molecule has 2 aromatic rings. The monoisotopic (exact) mass is 302 g/mol. The SMILES string of the molecule is Cc1ccc(NC(=O)CN(C)C(=O)c2ccc(C)s2)cc1. The number of nitrogens with zero attached hydrogens (tertiary/aromatic N) is 1. The number of anilines is 1. The van der Waals surface area contributed by atoms with Crippen LogP contribution in [-0.2, 0) is 4.79 Å². The Morgan fingerprint density at radius 3 is 2.33 bits per heavy atom. The molecule has 1 aromatic carbocycles.